The normalized spacial score (nSPS) is 25.5. The molecule has 0 aliphatic heterocycles. The van der Waals surface area contributed by atoms with E-state index in [9.17, 15) is 34.8 Å². The Balaban J connectivity index is 1.70. The summed E-state index contributed by atoms with van der Waals surface area (Å²) in [6.45, 7) is 1.98. The van der Waals surface area contributed by atoms with Crippen LogP contribution in [0.25, 0.3) is 17.9 Å². The van der Waals surface area contributed by atoms with Crippen molar-refractivity contribution in [3.8, 4) is 5.75 Å². The van der Waals surface area contributed by atoms with Crippen LogP contribution < -0.4 is 10.6 Å². The lowest BCUT2D eigenvalue weighted by Crippen LogP contribution is -2.65. The van der Waals surface area contributed by atoms with Crippen LogP contribution >= 0.6 is 0 Å². The number of hydrogen-bond acceptors (Lipinski definition) is 9. The quantitative estimate of drug-likeness (QED) is 0.267. The number of benzene rings is 2. The number of primary amides is 1. The molecule has 10 nitrogen and oxygen atoms in total. The van der Waals surface area contributed by atoms with Gasteiger partial charge in [-0.25, -0.2) is 0 Å². The number of hydrogen-bond donors (Lipinski definition) is 5. The molecule has 0 bridgehead atoms. The average molecular weight is 574 g/mol. The Hall–Kier alpha value is -4.41. The molecule has 3 aliphatic rings. The third-order valence-electron chi connectivity index (χ3n) is 8.74. The van der Waals surface area contributed by atoms with Gasteiger partial charge in [0.05, 0.1) is 11.6 Å². The van der Waals surface area contributed by atoms with Crippen LogP contribution in [0.4, 0.5) is 5.69 Å². The molecule has 0 aromatic heterocycles. The van der Waals surface area contributed by atoms with Gasteiger partial charge in [0.15, 0.2) is 11.4 Å². The van der Waals surface area contributed by atoms with Gasteiger partial charge in [0.2, 0.25) is 5.78 Å². The number of fused-ring (bicyclic) bond motifs is 3. The highest BCUT2D eigenvalue weighted by Gasteiger charge is 2.64. The first-order valence-electron chi connectivity index (χ1n) is 13.7. The maximum absolute atomic E-state index is 14.1. The third kappa shape index (κ3) is 4.21. The second kappa shape index (κ2) is 10.1. The smallest absolute Gasteiger partial charge is 0.255 e. The van der Waals surface area contributed by atoms with Crippen LogP contribution in [0.15, 0.2) is 47.2 Å². The Morgan fingerprint density at radius 1 is 1.05 bits per heavy atom. The van der Waals surface area contributed by atoms with Gasteiger partial charge < -0.3 is 31.1 Å². The zero-order chi connectivity index (χ0) is 30.8. The van der Waals surface area contributed by atoms with Gasteiger partial charge in [0.1, 0.15) is 22.8 Å². The Labute approximate surface area is 243 Å². The monoisotopic (exact) mass is 573 g/mol. The minimum absolute atomic E-state index is 0.0362. The lowest BCUT2D eigenvalue weighted by Gasteiger charge is -2.50. The van der Waals surface area contributed by atoms with E-state index in [0.29, 0.717) is 16.8 Å². The number of amides is 1. The Morgan fingerprint density at radius 2 is 1.69 bits per heavy atom. The first-order valence-corrected chi connectivity index (χ1v) is 13.7. The number of phenolic OH excluding ortho intramolecular Hbond substituents is 1. The third-order valence-corrected chi connectivity index (χ3v) is 8.74. The summed E-state index contributed by atoms with van der Waals surface area (Å²) in [7, 11) is 6.80. The van der Waals surface area contributed by atoms with Gasteiger partial charge in [-0.05, 0) is 57.0 Å². The van der Waals surface area contributed by atoms with Crippen molar-refractivity contribution in [2.75, 3.05) is 33.1 Å². The van der Waals surface area contributed by atoms with Crippen molar-refractivity contribution in [3.63, 3.8) is 0 Å². The number of likely N-dealkylation sites (N-methyl/N-ethyl adjacent to an activating group) is 1. The molecule has 0 spiro atoms. The largest absolute Gasteiger partial charge is 0.508 e. The number of rotatable bonds is 5. The molecule has 0 unspecified atom stereocenters. The van der Waals surface area contributed by atoms with Crippen LogP contribution in [0.2, 0.25) is 0 Å². The summed E-state index contributed by atoms with van der Waals surface area (Å²) < 4.78 is 0. The van der Waals surface area contributed by atoms with Crippen molar-refractivity contribution in [2.45, 2.75) is 31.4 Å². The van der Waals surface area contributed by atoms with Crippen molar-refractivity contribution in [2.24, 2.45) is 17.6 Å². The number of aliphatic hydroxyl groups is 3. The zero-order valence-electron chi connectivity index (χ0n) is 24.2. The highest BCUT2D eigenvalue weighted by molar-refractivity contribution is 6.24. The fourth-order valence-electron chi connectivity index (χ4n) is 6.70. The van der Waals surface area contributed by atoms with Crippen LogP contribution in [-0.2, 0) is 20.8 Å². The molecule has 220 valence electrons. The van der Waals surface area contributed by atoms with Gasteiger partial charge in [-0.15, -0.1) is 0 Å². The molecule has 2 aromatic rings. The molecule has 0 heterocycles. The number of anilines is 1. The minimum atomic E-state index is -2.67. The molecule has 0 saturated heterocycles. The van der Waals surface area contributed by atoms with E-state index >= 15 is 0 Å². The van der Waals surface area contributed by atoms with Crippen LogP contribution in [-0.4, -0.2) is 82.6 Å². The molecule has 4 atom stereocenters. The number of phenols is 1. The van der Waals surface area contributed by atoms with E-state index in [0.717, 1.165) is 11.1 Å². The van der Waals surface area contributed by atoms with E-state index < -0.39 is 58.0 Å². The average Bonchev–Trinajstić information content (AvgIpc) is 2.90. The molecule has 5 rings (SSSR count). The summed E-state index contributed by atoms with van der Waals surface area (Å²) in [4.78, 5) is 42.9. The number of nitrogens with two attached hydrogens (primary N) is 1. The molecule has 3 aliphatic carbocycles. The van der Waals surface area contributed by atoms with Gasteiger partial charge in [0.25, 0.3) is 5.91 Å². The van der Waals surface area contributed by atoms with Crippen LogP contribution in [0, 0.1) is 18.8 Å². The second-order valence-corrected chi connectivity index (χ2v) is 11.8. The van der Waals surface area contributed by atoms with Gasteiger partial charge >= 0.3 is 0 Å². The fourth-order valence-corrected chi connectivity index (χ4v) is 6.70. The van der Waals surface area contributed by atoms with Crippen molar-refractivity contribution < 1.29 is 34.8 Å². The topological polar surface area (TPSA) is 165 Å². The summed E-state index contributed by atoms with van der Waals surface area (Å²) >= 11 is 0. The lowest BCUT2D eigenvalue weighted by molar-refractivity contribution is -0.153. The van der Waals surface area contributed by atoms with Crippen molar-refractivity contribution >= 4 is 41.1 Å². The van der Waals surface area contributed by atoms with E-state index in [1.165, 1.54) is 4.90 Å². The number of ketones is 2. The van der Waals surface area contributed by atoms with Crippen molar-refractivity contribution in [1.82, 2.24) is 4.90 Å². The van der Waals surface area contributed by atoms with Crippen molar-refractivity contribution in [1.29, 1.82) is 0 Å². The molecular formula is C32H35N3O7. The lowest BCUT2D eigenvalue weighted by atomic mass is 9.57. The van der Waals surface area contributed by atoms with E-state index in [2.05, 4.69) is 0 Å². The molecule has 2 aromatic carbocycles. The minimum Gasteiger partial charge on any atom is -0.508 e. The molecular weight excluding hydrogens is 538 g/mol. The standard InChI is InChI=1S/C32H35N3O7/c1-15-6-8-16(9-7-15)10-11-17-14-21(34(2)3)19-12-18-13-20-25(35(4)5)28(38)24(31(33)41)30(40)32(20,42)29(39)22(18)27(37)23(19)26(17)36/h6-11,14,18,20,25,36-37,40,42H,12-13H2,1-5H3,(H2,33,41)/b11-10+/t18-,20-,25-,32-/m0/s1. The summed E-state index contributed by atoms with van der Waals surface area (Å²) in [5.41, 5.74) is 5.49. The predicted molar refractivity (Wildman–Crippen MR) is 159 cm³/mol. The maximum atomic E-state index is 14.1. The second-order valence-electron chi connectivity index (χ2n) is 11.8. The first kappa shape index (κ1) is 29.1. The molecule has 1 fully saturated rings. The zero-order valence-corrected chi connectivity index (χ0v) is 24.2. The summed E-state index contributed by atoms with van der Waals surface area (Å²) in [5, 5.41) is 45.9. The van der Waals surface area contributed by atoms with E-state index in [1.807, 2.05) is 56.3 Å². The maximum Gasteiger partial charge on any atom is 0.255 e. The molecule has 1 amide bonds. The molecule has 6 N–H and O–H groups in total. The van der Waals surface area contributed by atoms with E-state index in [-0.39, 0.29) is 29.7 Å². The van der Waals surface area contributed by atoms with Crippen molar-refractivity contribution in [3.05, 3.63) is 75.1 Å². The molecule has 10 heteroatoms. The van der Waals surface area contributed by atoms with Crippen LogP contribution in [0.1, 0.15) is 34.2 Å². The first-order chi connectivity index (χ1) is 19.7. The number of carbonyl (C=O) groups excluding carboxylic acids is 3. The SMILES string of the molecule is Cc1ccc(/C=C/c2cc(N(C)C)c3c(c2O)C(O)=C2C(=O)[C@]4(O)C(O)=C(C(N)=O)C(=O)[C@@H](N(C)C)[C@@H]4C[C@@H]2C3)cc1. The Bertz CT molecular complexity index is 1620. The van der Waals surface area contributed by atoms with E-state index in [1.54, 1.807) is 26.2 Å². The number of carbonyl (C=O) groups is 3. The summed E-state index contributed by atoms with van der Waals surface area (Å²) in [6.07, 6.45) is 3.79. The molecule has 1 saturated carbocycles. The Kier molecular flexibility index (Phi) is 7.03. The van der Waals surface area contributed by atoms with Gasteiger partial charge in [-0.3, -0.25) is 19.3 Å². The highest BCUT2D eigenvalue weighted by Crippen LogP contribution is 2.54. The van der Waals surface area contributed by atoms with Gasteiger partial charge in [-0.1, -0.05) is 42.0 Å². The van der Waals surface area contributed by atoms with Gasteiger partial charge in [-0.2, -0.15) is 0 Å². The number of aliphatic hydroxyl groups excluding tert-OH is 2. The number of Topliss-reactive ketones (excluding diaryl/α,β-unsaturated/α-hetero) is 2. The molecule has 0 radical (unpaired) electrons. The predicted octanol–water partition coefficient (Wildman–Crippen LogP) is 2.51. The molecule has 42 heavy (non-hydrogen) atoms. The van der Waals surface area contributed by atoms with Crippen LogP contribution in [0.3, 0.4) is 0 Å². The number of aromatic hydroxyl groups is 1. The summed E-state index contributed by atoms with van der Waals surface area (Å²) in [6, 6.07) is 8.48. The van der Waals surface area contributed by atoms with Gasteiger partial charge in [0, 0.05) is 36.8 Å². The number of nitrogens with zero attached hydrogens (tertiary/aromatic N) is 2. The van der Waals surface area contributed by atoms with E-state index in [4.69, 9.17) is 5.73 Å². The highest BCUT2D eigenvalue weighted by atomic mass is 16.3. The number of aryl methyl sites for hydroxylation is 1. The fraction of sp³-hybridized carbons (Fsp3) is 0.344. The summed E-state index contributed by atoms with van der Waals surface area (Å²) in [5.74, 6) is -6.71. The van der Waals surface area contributed by atoms with Crippen LogP contribution in [0.5, 0.6) is 5.75 Å². The Morgan fingerprint density at radius 3 is 2.26 bits per heavy atom.